The number of rotatable bonds is 9. The molecule has 0 amide bonds. The van der Waals surface area contributed by atoms with Gasteiger partial charge in [-0.05, 0) is 28.5 Å². The van der Waals surface area contributed by atoms with E-state index in [-0.39, 0.29) is 28.8 Å². The average molecular weight is 563 g/mol. The number of nitrogens with two attached hydrogens (primary N) is 1. The quantitative estimate of drug-likeness (QED) is 0.213. The van der Waals surface area contributed by atoms with E-state index in [4.69, 9.17) is 26.8 Å². The van der Waals surface area contributed by atoms with Crippen molar-refractivity contribution in [2.24, 2.45) is 15.4 Å². The molecule has 4 heterocycles. The van der Waals surface area contributed by atoms with Crippen LogP contribution in [-0.4, -0.2) is 89.6 Å². The molecule has 15 nitrogen and oxygen atoms in total. The zero-order chi connectivity index (χ0) is 27.9. The second-order valence-electron chi connectivity index (χ2n) is 8.76. The number of aromatic nitrogens is 4. The summed E-state index contributed by atoms with van der Waals surface area (Å²) in [4.78, 5) is 36.2. The monoisotopic (exact) mass is 562 g/mol. The van der Waals surface area contributed by atoms with Crippen molar-refractivity contribution in [3.8, 4) is 0 Å². The van der Waals surface area contributed by atoms with Crippen molar-refractivity contribution < 1.29 is 38.8 Å². The number of halogens is 2. The van der Waals surface area contributed by atoms with Crippen LogP contribution in [0.1, 0.15) is 17.4 Å². The molecule has 0 saturated carbocycles. The Morgan fingerprint density at radius 1 is 1.28 bits per heavy atom. The van der Waals surface area contributed by atoms with Gasteiger partial charge in [-0.1, -0.05) is 18.2 Å². The van der Waals surface area contributed by atoms with Gasteiger partial charge in [-0.3, -0.25) is 4.57 Å². The average Bonchev–Trinajstić information content (AvgIpc) is 3.63. The van der Waals surface area contributed by atoms with Crippen LogP contribution in [0.3, 0.4) is 0 Å². The first-order valence-electron chi connectivity index (χ1n) is 11.4. The summed E-state index contributed by atoms with van der Waals surface area (Å²) in [7, 11) is 0. The lowest BCUT2D eigenvalue weighted by Gasteiger charge is -2.27. The van der Waals surface area contributed by atoms with Crippen LogP contribution in [0.5, 0.6) is 0 Å². The van der Waals surface area contributed by atoms with E-state index in [1.54, 1.807) is 18.2 Å². The van der Waals surface area contributed by atoms with Gasteiger partial charge >= 0.3 is 11.9 Å². The van der Waals surface area contributed by atoms with Gasteiger partial charge in [-0.25, -0.2) is 19.0 Å². The van der Waals surface area contributed by atoms with Crippen molar-refractivity contribution in [3.05, 3.63) is 47.0 Å². The molecule has 3 aromatic rings. The number of aliphatic hydroxyl groups excluding tert-OH is 1. The Kier molecular flexibility index (Phi) is 6.94. The number of ether oxygens (including phenoxy) is 2. The molecule has 4 atom stereocenters. The van der Waals surface area contributed by atoms with E-state index >= 15 is 4.39 Å². The van der Waals surface area contributed by atoms with Crippen LogP contribution < -0.4 is 5.73 Å². The minimum atomic E-state index is -2.78. The summed E-state index contributed by atoms with van der Waals surface area (Å²) in [6.45, 7) is -0.548. The van der Waals surface area contributed by atoms with Gasteiger partial charge in [0.25, 0.3) is 5.60 Å². The maximum atomic E-state index is 15.2. The third kappa shape index (κ3) is 4.78. The van der Waals surface area contributed by atoms with Crippen LogP contribution in [0.4, 0.5) is 10.2 Å². The first-order valence-corrected chi connectivity index (χ1v) is 11.7. The van der Waals surface area contributed by atoms with Gasteiger partial charge in [0, 0.05) is 12.0 Å². The minimum absolute atomic E-state index is 0.0340. The van der Waals surface area contributed by atoms with E-state index in [9.17, 15) is 24.9 Å². The number of alkyl halides is 1. The first kappa shape index (κ1) is 26.5. The topological polar surface area (TPSA) is 220 Å². The second kappa shape index (κ2) is 10.2. The summed E-state index contributed by atoms with van der Waals surface area (Å²) in [5, 5.41) is 41.3. The number of fused-ring (bicyclic) bond motifs is 1. The molecular weight excluding hydrogens is 543 g/mol. The number of aliphatic hydroxyl groups is 1. The van der Waals surface area contributed by atoms with E-state index in [2.05, 4.69) is 30.4 Å². The fourth-order valence-corrected chi connectivity index (χ4v) is 4.49. The smallest absolute Gasteiger partial charge is 0.348 e. The highest BCUT2D eigenvalue weighted by molar-refractivity contribution is 6.28. The minimum Gasteiger partial charge on any atom is -0.479 e. The lowest BCUT2D eigenvalue weighted by molar-refractivity contribution is -0.190. The number of hydrogen-bond donors (Lipinski definition) is 4. The van der Waals surface area contributed by atoms with E-state index < -0.39 is 55.2 Å². The normalized spacial score (nSPS) is 22.9. The predicted molar refractivity (Wildman–Crippen MR) is 130 cm³/mol. The SMILES string of the molecule is Nc1nc(Cl)nc2c1ncn2[C@@H]1O[C@H](COC(Cc2cccc(C3=NN=NC3)c2)(C(=O)O)C(=O)O)[C@@H](O)[C@@H]1F. The molecule has 5 N–H and O–H groups in total. The number of benzene rings is 1. The van der Waals surface area contributed by atoms with Crippen LogP contribution in [0.2, 0.25) is 5.28 Å². The van der Waals surface area contributed by atoms with E-state index in [0.29, 0.717) is 16.8 Å². The molecule has 1 aromatic carbocycles. The molecule has 0 radical (unpaired) electrons. The van der Waals surface area contributed by atoms with Crippen molar-refractivity contribution in [3.63, 3.8) is 0 Å². The Bertz CT molecular complexity index is 1500. The number of anilines is 1. The van der Waals surface area contributed by atoms with Crippen molar-refractivity contribution in [2.75, 3.05) is 18.9 Å². The van der Waals surface area contributed by atoms with Crippen molar-refractivity contribution in [1.29, 1.82) is 0 Å². The molecule has 1 fully saturated rings. The maximum absolute atomic E-state index is 15.2. The summed E-state index contributed by atoms with van der Waals surface area (Å²) in [5.74, 6) is -3.66. The zero-order valence-corrected chi connectivity index (χ0v) is 20.5. The Balaban J connectivity index is 1.37. The molecule has 5 rings (SSSR count). The molecule has 2 aromatic heterocycles. The molecule has 204 valence electrons. The molecule has 0 bridgehead atoms. The number of hydrogen-bond acceptors (Lipinski definition) is 12. The molecule has 0 aliphatic carbocycles. The molecule has 1 saturated heterocycles. The van der Waals surface area contributed by atoms with Crippen LogP contribution in [0.25, 0.3) is 11.2 Å². The number of carboxylic acid groups (broad SMARTS) is 2. The Hall–Kier alpha value is -4.12. The number of aliphatic carboxylic acids is 2. The van der Waals surface area contributed by atoms with E-state index in [1.165, 1.54) is 12.4 Å². The second-order valence-corrected chi connectivity index (χ2v) is 9.10. The highest BCUT2D eigenvalue weighted by Crippen LogP contribution is 2.35. The zero-order valence-electron chi connectivity index (χ0n) is 19.8. The molecule has 0 spiro atoms. The Morgan fingerprint density at radius 3 is 2.74 bits per heavy atom. The van der Waals surface area contributed by atoms with Crippen LogP contribution >= 0.6 is 11.6 Å². The van der Waals surface area contributed by atoms with Gasteiger partial charge < -0.3 is 30.5 Å². The van der Waals surface area contributed by atoms with Crippen molar-refractivity contribution in [1.82, 2.24) is 19.5 Å². The maximum Gasteiger partial charge on any atom is 0.348 e. The summed E-state index contributed by atoms with van der Waals surface area (Å²) >= 11 is 5.85. The fraction of sp³-hybridized carbons (Fsp3) is 0.364. The standard InChI is InChI=1S/C22H20ClFN8O7/c23-21-28-16(25)14-17(29-21)32(8-26-14)18-13(24)15(33)12(39-18)7-38-22(19(34)35,20(36)37)5-9-2-1-3-10(4-9)11-6-27-31-30-11/h1-4,8,12-13,15,18,33H,5-7H2,(H,34,35)(H,36,37)(H2,25,28,29)/t12-,13+,15-,18-/m1/s1. The largest absolute Gasteiger partial charge is 0.479 e. The van der Waals surface area contributed by atoms with Crippen LogP contribution in [-0.2, 0) is 25.5 Å². The molecular formula is C22H20ClFN8O7. The van der Waals surface area contributed by atoms with Gasteiger partial charge in [-0.2, -0.15) is 15.1 Å². The van der Waals surface area contributed by atoms with Crippen molar-refractivity contribution >= 4 is 46.2 Å². The Morgan fingerprint density at radius 2 is 2.05 bits per heavy atom. The van der Waals surface area contributed by atoms with E-state index in [1.807, 2.05) is 0 Å². The third-order valence-electron chi connectivity index (χ3n) is 6.34. The summed E-state index contributed by atoms with van der Waals surface area (Å²) in [6, 6.07) is 6.36. The fourth-order valence-electron chi connectivity index (χ4n) is 4.32. The third-order valence-corrected chi connectivity index (χ3v) is 6.51. The molecule has 2 aliphatic rings. The lowest BCUT2D eigenvalue weighted by Crippen LogP contribution is -2.52. The number of carboxylic acids is 2. The van der Waals surface area contributed by atoms with Gasteiger partial charge in [0.15, 0.2) is 23.9 Å². The molecule has 17 heteroatoms. The lowest BCUT2D eigenvalue weighted by atomic mass is 9.92. The van der Waals surface area contributed by atoms with E-state index in [0.717, 1.165) is 4.57 Å². The molecule has 0 unspecified atom stereocenters. The highest BCUT2D eigenvalue weighted by Gasteiger charge is 2.52. The summed E-state index contributed by atoms with van der Waals surface area (Å²) in [6.07, 6.45) is -6.21. The van der Waals surface area contributed by atoms with Crippen LogP contribution in [0.15, 0.2) is 46.0 Å². The van der Waals surface area contributed by atoms with Crippen molar-refractivity contribution in [2.45, 2.75) is 36.6 Å². The molecule has 2 aliphatic heterocycles. The number of carbonyl (C=O) groups is 2. The summed E-state index contributed by atoms with van der Waals surface area (Å²) in [5.41, 5.74) is 4.56. The van der Waals surface area contributed by atoms with Crippen LogP contribution in [0, 0.1) is 0 Å². The van der Waals surface area contributed by atoms with Gasteiger partial charge in [0.05, 0.1) is 18.6 Å². The first-order chi connectivity index (χ1) is 18.6. The van der Waals surface area contributed by atoms with Gasteiger partial charge in [0.1, 0.15) is 24.3 Å². The molecule has 39 heavy (non-hydrogen) atoms. The Labute approximate surface area is 222 Å². The number of imidazole rings is 1. The van der Waals surface area contributed by atoms with Gasteiger partial charge in [-0.15, -0.1) is 5.10 Å². The highest BCUT2D eigenvalue weighted by atomic mass is 35.5. The number of nitrogens with zero attached hydrogens (tertiary/aromatic N) is 7. The summed E-state index contributed by atoms with van der Waals surface area (Å²) < 4.78 is 27.3. The van der Waals surface area contributed by atoms with Gasteiger partial charge in [0.2, 0.25) is 5.28 Å². The predicted octanol–water partition coefficient (Wildman–Crippen LogP) is 0.995. The number of nitrogen functional groups attached to an aromatic ring is 1.